The van der Waals surface area contributed by atoms with Gasteiger partial charge in [0, 0.05) is 6.92 Å². The quantitative estimate of drug-likeness (QED) is 0.503. The molecule has 0 aliphatic carbocycles. The smallest absolute Gasteiger partial charge is 0.264 e. The van der Waals surface area contributed by atoms with Crippen molar-refractivity contribution in [3.63, 3.8) is 0 Å². The van der Waals surface area contributed by atoms with Gasteiger partial charge in [-0.15, -0.1) is 0 Å². The van der Waals surface area contributed by atoms with E-state index in [1.54, 1.807) is 0 Å². The Morgan fingerprint density at radius 1 is 1.62 bits per heavy atom. The highest BCUT2D eigenvalue weighted by Crippen LogP contribution is 2.11. The summed E-state index contributed by atoms with van der Waals surface area (Å²) in [4.78, 5) is 11.0. The lowest BCUT2D eigenvalue weighted by molar-refractivity contribution is -0.155. The normalized spacial score (nSPS) is 17.9. The number of carbonyl (C=O) groups excluding carboxylic acids is 1. The molecule has 0 saturated heterocycles. The molecule has 13 heavy (non-hydrogen) atoms. The first kappa shape index (κ1) is 12.5. The second-order valence-corrected chi connectivity index (χ2v) is 3.21. The zero-order chi connectivity index (χ0) is 10.5. The number of hydrogen-bond acceptors (Lipinski definition) is 4. The molecule has 0 radical (unpaired) electrons. The molecule has 0 aliphatic heterocycles. The molecule has 0 saturated carbocycles. The maximum Gasteiger partial charge on any atom is 0.264 e. The van der Waals surface area contributed by atoms with E-state index in [2.05, 4.69) is 0 Å². The summed E-state index contributed by atoms with van der Waals surface area (Å²) >= 11 is 0. The SMILES string of the molecule is CC(O)(F)C(=O)[C@@H](N)CCCCN. The van der Waals surface area contributed by atoms with Gasteiger partial charge in [-0.25, -0.2) is 4.39 Å². The van der Waals surface area contributed by atoms with E-state index in [9.17, 15) is 9.18 Å². The third-order valence-electron chi connectivity index (χ3n) is 1.76. The minimum atomic E-state index is -2.82. The average molecular weight is 192 g/mol. The number of alkyl halides is 1. The minimum Gasteiger partial charge on any atom is -0.356 e. The second-order valence-electron chi connectivity index (χ2n) is 3.21. The molecular weight excluding hydrogens is 175 g/mol. The van der Waals surface area contributed by atoms with Crippen LogP contribution in [0.2, 0.25) is 0 Å². The fourth-order valence-corrected chi connectivity index (χ4v) is 0.978. The highest BCUT2D eigenvalue weighted by atomic mass is 19.2. The largest absolute Gasteiger partial charge is 0.356 e. The molecule has 0 rings (SSSR count). The second kappa shape index (κ2) is 5.26. The van der Waals surface area contributed by atoms with Crippen LogP contribution in [0.4, 0.5) is 4.39 Å². The van der Waals surface area contributed by atoms with Crippen molar-refractivity contribution in [3.8, 4) is 0 Å². The number of Topliss-reactive ketones (excluding diaryl/α,β-unsaturated/α-hetero) is 1. The molecule has 0 aromatic heterocycles. The summed E-state index contributed by atoms with van der Waals surface area (Å²) in [7, 11) is 0. The van der Waals surface area contributed by atoms with Gasteiger partial charge >= 0.3 is 0 Å². The number of halogens is 1. The molecule has 0 spiro atoms. The Bertz CT molecular complexity index is 168. The van der Waals surface area contributed by atoms with E-state index >= 15 is 0 Å². The van der Waals surface area contributed by atoms with E-state index < -0.39 is 17.7 Å². The Kier molecular flexibility index (Phi) is 5.05. The van der Waals surface area contributed by atoms with Gasteiger partial charge in [0.25, 0.3) is 5.85 Å². The molecule has 0 amide bonds. The van der Waals surface area contributed by atoms with Gasteiger partial charge in [0.1, 0.15) is 0 Å². The van der Waals surface area contributed by atoms with Crippen molar-refractivity contribution >= 4 is 5.78 Å². The van der Waals surface area contributed by atoms with Gasteiger partial charge in [0.05, 0.1) is 6.04 Å². The van der Waals surface area contributed by atoms with Crippen LogP contribution in [0.25, 0.3) is 0 Å². The van der Waals surface area contributed by atoms with Crippen LogP contribution in [0.1, 0.15) is 26.2 Å². The summed E-state index contributed by atoms with van der Waals surface area (Å²) in [6.07, 6.45) is 1.77. The zero-order valence-electron chi connectivity index (χ0n) is 7.79. The first-order valence-corrected chi connectivity index (χ1v) is 4.31. The third kappa shape index (κ3) is 4.92. The van der Waals surface area contributed by atoms with E-state index in [1.807, 2.05) is 0 Å². The fraction of sp³-hybridized carbons (Fsp3) is 0.875. The average Bonchev–Trinajstić information content (AvgIpc) is 2.01. The highest BCUT2D eigenvalue weighted by Gasteiger charge is 2.33. The van der Waals surface area contributed by atoms with Gasteiger partial charge in [0.15, 0.2) is 0 Å². The molecule has 0 aromatic rings. The van der Waals surface area contributed by atoms with Gasteiger partial charge < -0.3 is 16.6 Å². The van der Waals surface area contributed by atoms with Crippen LogP contribution in [0.3, 0.4) is 0 Å². The van der Waals surface area contributed by atoms with Gasteiger partial charge in [-0.3, -0.25) is 4.79 Å². The van der Waals surface area contributed by atoms with Crippen molar-refractivity contribution in [1.82, 2.24) is 0 Å². The third-order valence-corrected chi connectivity index (χ3v) is 1.76. The predicted octanol–water partition coefficient (Wildman–Crippen LogP) is -0.310. The van der Waals surface area contributed by atoms with Crippen LogP contribution >= 0.6 is 0 Å². The molecule has 5 N–H and O–H groups in total. The molecule has 78 valence electrons. The number of rotatable bonds is 6. The number of carbonyl (C=O) groups is 1. The Morgan fingerprint density at radius 3 is 2.54 bits per heavy atom. The summed E-state index contributed by atoms with van der Waals surface area (Å²) in [5, 5.41) is 8.69. The molecule has 0 aromatic carbocycles. The summed E-state index contributed by atoms with van der Waals surface area (Å²) in [6, 6.07) is -0.938. The van der Waals surface area contributed by atoms with Crippen molar-refractivity contribution in [2.75, 3.05) is 6.54 Å². The molecule has 4 nitrogen and oxygen atoms in total. The van der Waals surface area contributed by atoms with Crippen molar-refractivity contribution in [1.29, 1.82) is 0 Å². The number of aliphatic hydroxyl groups is 1. The summed E-state index contributed by atoms with van der Waals surface area (Å²) < 4.78 is 12.6. The first-order valence-electron chi connectivity index (χ1n) is 4.31. The van der Waals surface area contributed by atoms with Crippen molar-refractivity contribution in [2.24, 2.45) is 11.5 Å². The monoisotopic (exact) mass is 192 g/mol. The summed E-state index contributed by atoms with van der Waals surface area (Å²) in [5.74, 6) is -3.79. The van der Waals surface area contributed by atoms with Crippen molar-refractivity contribution < 1.29 is 14.3 Å². The van der Waals surface area contributed by atoms with E-state index in [0.717, 1.165) is 13.3 Å². The zero-order valence-corrected chi connectivity index (χ0v) is 7.79. The Balaban J connectivity index is 3.84. The number of hydrogen-bond donors (Lipinski definition) is 3. The Morgan fingerprint density at radius 2 is 2.15 bits per heavy atom. The molecular formula is C8H17FN2O2. The topological polar surface area (TPSA) is 89.3 Å². The predicted molar refractivity (Wildman–Crippen MR) is 47.6 cm³/mol. The van der Waals surface area contributed by atoms with Crippen LogP contribution in [0.15, 0.2) is 0 Å². The lowest BCUT2D eigenvalue weighted by atomic mass is 10.0. The van der Waals surface area contributed by atoms with Gasteiger partial charge in [-0.2, -0.15) is 0 Å². The highest BCUT2D eigenvalue weighted by molar-refractivity contribution is 5.89. The summed E-state index contributed by atoms with van der Waals surface area (Å²) in [6.45, 7) is 1.31. The lowest BCUT2D eigenvalue weighted by Gasteiger charge is -2.16. The van der Waals surface area contributed by atoms with Crippen LogP contribution in [-0.4, -0.2) is 29.3 Å². The van der Waals surface area contributed by atoms with Crippen LogP contribution in [0, 0.1) is 0 Å². The maximum atomic E-state index is 12.6. The van der Waals surface area contributed by atoms with Crippen molar-refractivity contribution in [2.45, 2.75) is 38.1 Å². The molecule has 0 heterocycles. The van der Waals surface area contributed by atoms with E-state index in [4.69, 9.17) is 16.6 Å². The molecule has 0 bridgehead atoms. The van der Waals surface area contributed by atoms with Crippen LogP contribution in [0.5, 0.6) is 0 Å². The van der Waals surface area contributed by atoms with Gasteiger partial charge in [-0.1, -0.05) is 6.42 Å². The minimum absolute atomic E-state index is 0.357. The molecule has 0 aliphatic rings. The van der Waals surface area contributed by atoms with E-state index in [0.29, 0.717) is 19.4 Å². The van der Waals surface area contributed by atoms with Gasteiger partial charge in [-0.05, 0) is 19.4 Å². The van der Waals surface area contributed by atoms with Crippen LogP contribution in [-0.2, 0) is 4.79 Å². The van der Waals surface area contributed by atoms with E-state index in [-0.39, 0.29) is 0 Å². The number of ketones is 1. The maximum absolute atomic E-state index is 12.6. The molecule has 2 atom stereocenters. The standard InChI is InChI=1S/C8H17FN2O2/c1-8(9,13)7(12)6(11)4-2-3-5-10/h6,13H,2-5,10-11H2,1H3/t6-,8?/m0/s1. The Hall–Kier alpha value is -0.520. The Labute approximate surface area is 77.1 Å². The molecule has 5 heteroatoms. The molecule has 1 unspecified atom stereocenters. The number of unbranched alkanes of at least 4 members (excludes halogenated alkanes) is 1. The van der Waals surface area contributed by atoms with Crippen molar-refractivity contribution in [3.05, 3.63) is 0 Å². The fourth-order valence-electron chi connectivity index (χ4n) is 0.978. The summed E-state index contributed by atoms with van der Waals surface area (Å²) in [5.41, 5.74) is 10.6. The number of nitrogens with two attached hydrogens (primary N) is 2. The molecule has 0 fully saturated rings. The van der Waals surface area contributed by atoms with Crippen LogP contribution < -0.4 is 11.5 Å². The first-order chi connectivity index (χ1) is 5.89. The van der Waals surface area contributed by atoms with E-state index in [1.165, 1.54) is 0 Å². The lowest BCUT2D eigenvalue weighted by Crippen LogP contribution is -2.43. The van der Waals surface area contributed by atoms with Gasteiger partial charge in [0.2, 0.25) is 5.78 Å².